The third kappa shape index (κ3) is 5.61. The first-order chi connectivity index (χ1) is 18.7. The molecule has 1 aromatic heterocycles. The number of anilines is 2. The van der Waals surface area contributed by atoms with E-state index < -0.39 is 26.0 Å². The highest BCUT2D eigenvalue weighted by atomic mass is 32.2. The van der Waals surface area contributed by atoms with E-state index in [2.05, 4.69) is 10.3 Å². The van der Waals surface area contributed by atoms with Gasteiger partial charge >= 0.3 is 0 Å². The Bertz CT molecular complexity index is 1610. The maximum absolute atomic E-state index is 13.7. The zero-order valence-electron chi connectivity index (χ0n) is 21.7. The van der Waals surface area contributed by atoms with Gasteiger partial charge < -0.3 is 24.9 Å². The first-order valence-electron chi connectivity index (χ1n) is 12.3. The summed E-state index contributed by atoms with van der Waals surface area (Å²) in [5.41, 5.74) is 1.07. The van der Waals surface area contributed by atoms with Crippen LogP contribution in [-0.2, 0) is 16.3 Å². The third-order valence-electron chi connectivity index (χ3n) is 6.25. The van der Waals surface area contributed by atoms with Crippen molar-refractivity contribution in [3.8, 4) is 28.4 Å². The molecular formula is C29H29FN2O6S. The molecule has 0 saturated heterocycles. The smallest absolute Gasteiger partial charge is 0.271 e. The van der Waals surface area contributed by atoms with Crippen LogP contribution in [0, 0.1) is 5.82 Å². The summed E-state index contributed by atoms with van der Waals surface area (Å²) in [6.45, 7) is 1.98. The van der Waals surface area contributed by atoms with Gasteiger partial charge in [-0.15, -0.1) is 0 Å². The van der Waals surface area contributed by atoms with Crippen molar-refractivity contribution >= 4 is 21.2 Å². The summed E-state index contributed by atoms with van der Waals surface area (Å²) in [4.78, 5) is 14.9. The Morgan fingerprint density at radius 1 is 0.897 bits per heavy atom. The van der Waals surface area contributed by atoms with E-state index in [9.17, 15) is 22.7 Å². The molecule has 0 amide bonds. The summed E-state index contributed by atoms with van der Waals surface area (Å²) in [6.07, 6.45) is 1.89. The van der Waals surface area contributed by atoms with Crippen LogP contribution in [0.4, 0.5) is 15.8 Å². The molecule has 0 unspecified atom stereocenters. The number of hydrogen-bond donors (Lipinski definition) is 3. The summed E-state index contributed by atoms with van der Waals surface area (Å²) in [6, 6.07) is 16.4. The molecule has 0 atom stereocenters. The van der Waals surface area contributed by atoms with Crippen LogP contribution in [0.2, 0.25) is 0 Å². The number of rotatable bonds is 10. The normalized spacial score (nSPS) is 11.3. The second-order valence-corrected chi connectivity index (χ2v) is 10.7. The second-order valence-electron chi connectivity index (χ2n) is 8.79. The van der Waals surface area contributed by atoms with Gasteiger partial charge in [0.1, 0.15) is 23.1 Å². The van der Waals surface area contributed by atoms with Gasteiger partial charge in [0.25, 0.3) is 5.56 Å². The summed E-state index contributed by atoms with van der Waals surface area (Å²) < 4.78 is 51.6. The van der Waals surface area contributed by atoms with Gasteiger partial charge in [0.05, 0.1) is 30.2 Å². The van der Waals surface area contributed by atoms with E-state index in [-0.39, 0.29) is 16.3 Å². The number of benzene rings is 3. The van der Waals surface area contributed by atoms with Crippen LogP contribution < -0.4 is 20.3 Å². The number of methoxy groups -OCH3 is 2. The zero-order valence-corrected chi connectivity index (χ0v) is 22.6. The molecule has 1 heterocycles. The van der Waals surface area contributed by atoms with Crippen LogP contribution in [0.3, 0.4) is 0 Å². The first kappa shape index (κ1) is 27.7. The van der Waals surface area contributed by atoms with Crippen LogP contribution in [0.1, 0.15) is 25.5 Å². The highest BCUT2D eigenvalue weighted by Gasteiger charge is 2.31. The van der Waals surface area contributed by atoms with Crippen molar-refractivity contribution in [1.29, 1.82) is 0 Å². The van der Waals surface area contributed by atoms with Crippen LogP contribution in [0.5, 0.6) is 17.2 Å². The molecule has 10 heteroatoms. The summed E-state index contributed by atoms with van der Waals surface area (Å²) in [5, 5.41) is 14.5. The predicted molar refractivity (Wildman–Crippen MR) is 147 cm³/mol. The van der Waals surface area contributed by atoms with Crippen molar-refractivity contribution in [2.45, 2.75) is 36.0 Å². The fourth-order valence-electron chi connectivity index (χ4n) is 4.31. The molecule has 4 rings (SSSR count). The van der Waals surface area contributed by atoms with Crippen LogP contribution in [0.15, 0.2) is 81.3 Å². The lowest BCUT2D eigenvalue weighted by atomic mass is 9.98. The predicted octanol–water partition coefficient (Wildman–Crippen LogP) is 5.82. The molecular weight excluding hydrogens is 523 g/mol. The molecule has 0 bridgehead atoms. The highest BCUT2D eigenvalue weighted by molar-refractivity contribution is 7.91. The molecule has 0 aliphatic heterocycles. The number of pyridine rings is 1. The largest absolute Gasteiger partial charge is 0.506 e. The minimum atomic E-state index is -4.46. The molecule has 0 spiro atoms. The summed E-state index contributed by atoms with van der Waals surface area (Å²) in [5.74, 6) is -0.373. The zero-order chi connectivity index (χ0) is 28.2. The van der Waals surface area contributed by atoms with Crippen molar-refractivity contribution in [1.82, 2.24) is 4.98 Å². The van der Waals surface area contributed by atoms with E-state index in [1.54, 1.807) is 30.3 Å². The topological polar surface area (TPSA) is 118 Å². The quantitative estimate of drug-likeness (QED) is 0.227. The second kappa shape index (κ2) is 11.6. The molecule has 4 aromatic rings. The van der Waals surface area contributed by atoms with E-state index in [1.165, 1.54) is 50.6 Å². The first-order valence-corrected chi connectivity index (χ1v) is 13.8. The molecule has 0 saturated carbocycles. The summed E-state index contributed by atoms with van der Waals surface area (Å²) >= 11 is 0. The number of aromatic nitrogens is 1. The van der Waals surface area contributed by atoms with Gasteiger partial charge in [-0.1, -0.05) is 19.4 Å². The van der Waals surface area contributed by atoms with Crippen molar-refractivity contribution in [3.05, 3.63) is 88.6 Å². The minimum absolute atomic E-state index is 0.130. The standard InChI is InChI=1S/C29H29FN2O6S/c1-4-5-7-22-25(26-23(37-2)8-6-9-24(26)38-3)27(33)28(29(34)32-22)39(35,36)21-16-14-20(15-17-21)31-19-12-10-18(30)11-13-19/h6,8-17,31H,4-5,7H2,1-3H3,(H2,32,33,34). The molecule has 3 aromatic carbocycles. The number of ether oxygens (including phenoxy) is 2. The van der Waals surface area contributed by atoms with Gasteiger partial charge in [-0.05, 0) is 73.5 Å². The lowest BCUT2D eigenvalue weighted by Crippen LogP contribution is -2.21. The molecule has 0 radical (unpaired) electrons. The molecule has 39 heavy (non-hydrogen) atoms. The Morgan fingerprint density at radius 3 is 2.00 bits per heavy atom. The van der Waals surface area contributed by atoms with E-state index in [0.717, 1.165) is 6.42 Å². The Morgan fingerprint density at radius 2 is 1.46 bits per heavy atom. The summed E-state index contributed by atoms with van der Waals surface area (Å²) in [7, 11) is -1.55. The Hall–Kier alpha value is -4.31. The SMILES string of the molecule is CCCCc1[nH]c(=O)c(S(=O)(=O)c2ccc(Nc3ccc(F)cc3)cc2)c(O)c1-c1c(OC)cccc1OC. The van der Waals surface area contributed by atoms with Gasteiger partial charge in [0, 0.05) is 17.1 Å². The van der Waals surface area contributed by atoms with E-state index >= 15 is 0 Å². The number of aromatic hydroxyl groups is 1. The molecule has 0 aliphatic carbocycles. The number of halogens is 1. The minimum Gasteiger partial charge on any atom is -0.506 e. The highest BCUT2D eigenvalue weighted by Crippen LogP contribution is 2.46. The van der Waals surface area contributed by atoms with Gasteiger partial charge in [0.2, 0.25) is 9.84 Å². The lowest BCUT2D eigenvalue weighted by molar-refractivity contribution is 0.395. The van der Waals surface area contributed by atoms with Crippen LogP contribution in [-0.4, -0.2) is 32.7 Å². The number of aromatic amines is 1. The molecule has 0 fully saturated rings. The molecule has 0 aliphatic rings. The third-order valence-corrected chi connectivity index (χ3v) is 8.06. The maximum atomic E-state index is 13.7. The number of nitrogens with one attached hydrogen (secondary N) is 2. The fraction of sp³-hybridized carbons (Fsp3) is 0.207. The van der Waals surface area contributed by atoms with Gasteiger partial charge in [-0.25, -0.2) is 12.8 Å². The Balaban J connectivity index is 1.84. The van der Waals surface area contributed by atoms with Gasteiger partial charge in [0.15, 0.2) is 4.90 Å². The monoisotopic (exact) mass is 552 g/mol. The molecule has 204 valence electrons. The lowest BCUT2D eigenvalue weighted by Gasteiger charge is -2.19. The Kier molecular flexibility index (Phi) is 8.25. The van der Waals surface area contributed by atoms with E-state index in [0.29, 0.717) is 47.0 Å². The number of aryl methyl sites for hydroxylation is 1. The number of H-pyrrole nitrogens is 1. The van der Waals surface area contributed by atoms with Crippen molar-refractivity contribution in [2.75, 3.05) is 19.5 Å². The van der Waals surface area contributed by atoms with Crippen molar-refractivity contribution < 1.29 is 27.4 Å². The van der Waals surface area contributed by atoms with E-state index in [4.69, 9.17) is 9.47 Å². The molecule has 3 N–H and O–H groups in total. The number of unbranched alkanes of at least 4 members (excludes halogenated alkanes) is 1. The fourth-order valence-corrected chi connectivity index (χ4v) is 5.69. The van der Waals surface area contributed by atoms with Crippen LogP contribution >= 0.6 is 0 Å². The number of hydrogen-bond acceptors (Lipinski definition) is 7. The average Bonchev–Trinajstić information content (AvgIpc) is 2.93. The van der Waals surface area contributed by atoms with Gasteiger partial charge in [-0.2, -0.15) is 0 Å². The maximum Gasteiger partial charge on any atom is 0.271 e. The Labute approximate surface area is 226 Å². The van der Waals surface area contributed by atoms with Gasteiger partial charge in [-0.3, -0.25) is 4.79 Å². The van der Waals surface area contributed by atoms with Crippen molar-refractivity contribution in [2.24, 2.45) is 0 Å². The average molecular weight is 553 g/mol. The van der Waals surface area contributed by atoms with Crippen molar-refractivity contribution in [3.63, 3.8) is 0 Å². The number of sulfone groups is 1. The molecule has 8 nitrogen and oxygen atoms in total. The van der Waals surface area contributed by atoms with E-state index in [1.807, 2.05) is 6.92 Å². The van der Waals surface area contributed by atoms with Crippen LogP contribution in [0.25, 0.3) is 11.1 Å².